The molecule has 0 aromatic heterocycles. The van der Waals surface area contributed by atoms with Gasteiger partial charge in [-0.15, -0.1) is 24.0 Å². The van der Waals surface area contributed by atoms with E-state index in [0.29, 0.717) is 0 Å². The van der Waals surface area contributed by atoms with E-state index in [1.165, 1.54) is 11.3 Å². The summed E-state index contributed by atoms with van der Waals surface area (Å²) in [7, 11) is 5.69. The Bertz CT molecular complexity index is 585. The van der Waals surface area contributed by atoms with Gasteiger partial charge in [-0.05, 0) is 31.2 Å². The Morgan fingerprint density at radius 2 is 2.00 bits per heavy atom. The number of hydrogen-bond acceptors (Lipinski definition) is 4. The van der Waals surface area contributed by atoms with Gasteiger partial charge in [0.05, 0.1) is 0 Å². The summed E-state index contributed by atoms with van der Waals surface area (Å²) in [6.07, 6.45) is 5.48. The minimum absolute atomic E-state index is 0. The van der Waals surface area contributed by atoms with Gasteiger partial charge in [-0.2, -0.15) is 0 Å². The maximum atomic E-state index is 5.09. The molecule has 0 bridgehead atoms. The van der Waals surface area contributed by atoms with Gasteiger partial charge in [0.2, 0.25) is 0 Å². The molecule has 1 heterocycles. The van der Waals surface area contributed by atoms with Crippen LogP contribution < -0.4 is 15.5 Å². The van der Waals surface area contributed by atoms with E-state index >= 15 is 0 Å². The molecule has 27 heavy (non-hydrogen) atoms. The van der Waals surface area contributed by atoms with Crippen LogP contribution in [0.15, 0.2) is 41.4 Å². The van der Waals surface area contributed by atoms with E-state index in [-0.39, 0.29) is 24.0 Å². The molecule has 6 nitrogen and oxygen atoms in total. The molecule has 7 heteroatoms. The van der Waals surface area contributed by atoms with Crippen LogP contribution >= 0.6 is 24.0 Å². The lowest BCUT2D eigenvalue weighted by Crippen LogP contribution is -2.40. The van der Waals surface area contributed by atoms with Gasteiger partial charge in [0, 0.05) is 65.7 Å². The zero-order chi connectivity index (χ0) is 18.6. The fourth-order valence-electron chi connectivity index (χ4n) is 2.91. The molecule has 1 aliphatic rings. The summed E-state index contributed by atoms with van der Waals surface area (Å²) in [5.41, 5.74) is 2.53. The fraction of sp³-hybridized carbons (Fsp3) is 0.550. The van der Waals surface area contributed by atoms with Gasteiger partial charge in [-0.3, -0.25) is 4.99 Å². The van der Waals surface area contributed by atoms with Crippen molar-refractivity contribution in [2.75, 3.05) is 65.4 Å². The lowest BCUT2D eigenvalue weighted by molar-refractivity contribution is 0.180. The zero-order valence-corrected chi connectivity index (χ0v) is 19.1. The van der Waals surface area contributed by atoms with Crippen LogP contribution in [0.5, 0.6) is 0 Å². The van der Waals surface area contributed by atoms with Crippen molar-refractivity contribution in [3.63, 3.8) is 0 Å². The maximum absolute atomic E-state index is 5.09. The number of anilines is 1. The quantitative estimate of drug-likeness (QED) is 0.175. The Morgan fingerprint density at radius 3 is 2.70 bits per heavy atom. The number of rotatable bonds is 10. The first-order valence-corrected chi connectivity index (χ1v) is 9.34. The molecular weight excluding hydrogens is 453 g/mol. The highest BCUT2D eigenvalue weighted by Gasteiger charge is 2.08. The summed E-state index contributed by atoms with van der Waals surface area (Å²) in [6.45, 7) is 6.45. The first-order chi connectivity index (χ1) is 12.7. The van der Waals surface area contributed by atoms with Gasteiger partial charge in [-0.1, -0.05) is 24.3 Å². The standard InChI is InChI=1S/C20H33N5O.HI/c1-21-20(22-10-14-24(2)11-7-15-26-3)23-17-18-8-6-9-19(16-18)25-12-4-5-13-25;/h4-6,8-9,16H,7,10-15,17H2,1-3H3,(H2,21,22,23);1H. The molecule has 0 saturated heterocycles. The van der Waals surface area contributed by atoms with Crippen LogP contribution in [-0.4, -0.2) is 71.4 Å². The maximum Gasteiger partial charge on any atom is 0.191 e. The number of ether oxygens (including phenoxy) is 1. The Morgan fingerprint density at radius 1 is 1.22 bits per heavy atom. The second kappa shape index (κ2) is 13.8. The Balaban J connectivity index is 0.00000364. The first kappa shape index (κ1) is 23.7. The van der Waals surface area contributed by atoms with Crippen LogP contribution in [0.25, 0.3) is 0 Å². The monoisotopic (exact) mass is 487 g/mol. The van der Waals surface area contributed by atoms with Gasteiger partial charge in [0.1, 0.15) is 0 Å². The van der Waals surface area contributed by atoms with Crippen molar-refractivity contribution >= 4 is 35.6 Å². The Kier molecular flexibility index (Phi) is 12.1. The first-order valence-electron chi connectivity index (χ1n) is 9.34. The lowest BCUT2D eigenvalue weighted by atomic mass is 10.2. The van der Waals surface area contributed by atoms with E-state index in [9.17, 15) is 0 Å². The molecule has 0 fully saturated rings. The van der Waals surface area contributed by atoms with Gasteiger partial charge in [-0.25, -0.2) is 0 Å². The summed E-state index contributed by atoms with van der Waals surface area (Å²) >= 11 is 0. The predicted molar refractivity (Wildman–Crippen MR) is 125 cm³/mol. The second-order valence-electron chi connectivity index (χ2n) is 6.55. The molecule has 1 aromatic rings. The number of benzene rings is 1. The third-order valence-corrected chi connectivity index (χ3v) is 4.45. The zero-order valence-electron chi connectivity index (χ0n) is 16.8. The van der Waals surface area contributed by atoms with Crippen molar-refractivity contribution in [2.45, 2.75) is 13.0 Å². The Labute approximate surface area is 181 Å². The molecule has 0 radical (unpaired) electrons. The average molecular weight is 487 g/mol. The van der Waals surface area contributed by atoms with Crippen molar-refractivity contribution in [1.29, 1.82) is 0 Å². The molecule has 0 unspecified atom stereocenters. The number of guanidine groups is 1. The minimum Gasteiger partial charge on any atom is -0.385 e. The molecule has 152 valence electrons. The number of aliphatic imine (C=N–C) groups is 1. The van der Waals surface area contributed by atoms with Crippen LogP contribution in [0.2, 0.25) is 0 Å². The predicted octanol–water partition coefficient (Wildman–Crippen LogP) is 2.31. The summed E-state index contributed by atoms with van der Waals surface area (Å²) in [5, 5.41) is 6.77. The van der Waals surface area contributed by atoms with E-state index in [0.717, 1.165) is 58.3 Å². The highest BCUT2D eigenvalue weighted by molar-refractivity contribution is 14.0. The molecule has 2 rings (SSSR count). The third-order valence-electron chi connectivity index (χ3n) is 4.45. The van der Waals surface area contributed by atoms with E-state index in [1.807, 2.05) is 7.05 Å². The molecule has 2 N–H and O–H groups in total. The molecule has 0 saturated carbocycles. The molecule has 0 spiro atoms. The summed E-state index contributed by atoms with van der Waals surface area (Å²) < 4.78 is 5.09. The van der Waals surface area contributed by atoms with E-state index < -0.39 is 0 Å². The van der Waals surface area contributed by atoms with Crippen molar-refractivity contribution in [3.8, 4) is 0 Å². The van der Waals surface area contributed by atoms with Gasteiger partial charge in [0.25, 0.3) is 0 Å². The number of nitrogens with one attached hydrogen (secondary N) is 2. The van der Waals surface area contributed by atoms with E-state index in [1.54, 1.807) is 7.11 Å². The largest absolute Gasteiger partial charge is 0.385 e. The molecule has 0 aliphatic carbocycles. The molecular formula is C20H34IN5O. The summed E-state index contributed by atoms with van der Waals surface area (Å²) in [5.74, 6) is 0.837. The SMILES string of the molecule is CN=C(NCCN(C)CCCOC)NCc1cccc(N2CC=CC2)c1.I. The van der Waals surface area contributed by atoms with Crippen LogP contribution in [0.3, 0.4) is 0 Å². The van der Waals surface area contributed by atoms with Crippen molar-refractivity contribution in [2.24, 2.45) is 4.99 Å². The van der Waals surface area contributed by atoms with Crippen LogP contribution in [0.1, 0.15) is 12.0 Å². The van der Waals surface area contributed by atoms with Crippen LogP contribution in [0.4, 0.5) is 5.69 Å². The van der Waals surface area contributed by atoms with Crippen molar-refractivity contribution in [3.05, 3.63) is 42.0 Å². The number of likely N-dealkylation sites (N-methyl/N-ethyl adjacent to an activating group) is 1. The van der Waals surface area contributed by atoms with E-state index in [2.05, 4.69) is 68.9 Å². The Hall–Kier alpha value is -1.32. The van der Waals surface area contributed by atoms with Crippen LogP contribution in [0, 0.1) is 0 Å². The number of methoxy groups -OCH3 is 1. The third kappa shape index (κ3) is 8.94. The number of halogens is 1. The highest BCUT2D eigenvalue weighted by Crippen LogP contribution is 2.18. The molecule has 1 aromatic carbocycles. The minimum atomic E-state index is 0. The smallest absolute Gasteiger partial charge is 0.191 e. The fourth-order valence-corrected chi connectivity index (χ4v) is 2.91. The average Bonchev–Trinajstić information content (AvgIpc) is 3.20. The van der Waals surface area contributed by atoms with Gasteiger partial charge < -0.3 is 25.2 Å². The van der Waals surface area contributed by atoms with E-state index in [4.69, 9.17) is 4.74 Å². The summed E-state index contributed by atoms with van der Waals surface area (Å²) in [4.78, 5) is 8.97. The summed E-state index contributed by atoms with van der Waals surface area (Å²) in [6, 6.07) is 8.69. The second-order valence-corrected chi connectivity index (χ2v) is 6.55. The van der Waals surface area contributed by atoms with Crippen molar-refractivity contribution in [1.82, 2.24) is 15.5 Å². The highest BCUT2D eigenvalue weighted by atomic mass is 127. The lowest BCUT2D eigenvalue weighted by Gasteiger charge is -2.19. The molecule has 1 aliphatic heterocycles. The van der Waals surface area contributed by atoms with Gasteiger partial charge >= 0.3 is 0 Å². The van der Waals surface area contributed by atoms with Crippen LogP contribution in [-0.2, 0) is 11.3 Å². The topological polar surface area (TPSA) is 52.1 Å². The number of hydrogen-bond donors (Lipinski definition) is 2. The number of nitrogens with zero attached hydrogens (tertiary/aromatic N) is 3. The van der Waals surface area contributed by atoms with Gasteiger partial charge in [0.15, 0.2) is 5.96 Å². The van der Waals surface area contributed by atoms with Crippen molar-refractivity contribution < 1.29 is 4.74 Å². The molecule has 0 amide bonds. The molecule has 0 atom stereocenters. The normalized spacial score (nSPS) is 13.8.